The molecule has 2 aromatic rings. The van der Waals surface area contributed by atoms with E-state index in [0.717, 1.165) is 16.6 Å². The first-order valence-corrected chi connectivity index (χ1v) is 7.73. The predicted molar refractivity (Wildman–Crippen MR) is 83.9 cm³/mol. The number of carbonyl (C=O) groups excluding carboxylic acids is 2. The zero-order valence-corrected chi connectivity index (χ0v) is 13.6. The molecule has 0 aliphatic heterocycles. The van der Waals surface area contributed by atoms with Crippen LogP contribution in [0.25, 0.3) is 10.2 Å². The maximum absolute atomic E-state index is 11.8. The van der Waals surface area contributed by atoms with E-state index in [-0.39, 0.29) is 12.5 Å². The average Bonchev–Trinajstić information content (AvgIpc) is 2.84. The molecule has 118 valence electrons. The Bertz CT molecular complexity index is 760. The van der Waals surface area contributed by atoms with Gasteiger partial charge >= 0.3 is 5.97 Å². The largest absolute Gasteiger partial charge is 0.495 e. The number of thiazole rings is 1. The van der Waals surface area contributed by atoms with Gasteiger partial charge in [-0.25, -0.2) is 0 Å². The van der Waals surface area contributed by atoms with Crippen LogP contribution in [-0.4, -0.2) is 30.7 Å². The van der Waals surface area contributed by atoms with Crippen molar-refractivity contribution in [3.05, 3.63) is 23.0 Å². The number of aromatic nitrogens is 1. The van der Waals surface area contributed by atoms with Gasteiger partial charge in [-0.05, 0) is 18.6 Å². The van der Waals surface area contributed by atoms with Gasteiger partial charge in [0.1, 0.15) is 17.8 Å². The highest BCUT2D eigenvalue weighted by molar-refractivity contribution is 7.16. The van der Waals surface area contributed by atoms with Gasteiger partial charge in [-0.1, -0.05) is 24.3 Å². The van der Waals surface area contributed by atoms with Crippen LogP contribution in [0, 0.1) is 0 Å². The van der Waals surface area contributed by atoms with Gasteiger partial charge in [0.25, 0.3) is 0 Å². The lowest BCUT2D eigenvalue weighted by atomic mass is 10.3. The maximum Gasteiger partial charge on any atom is 0.325 e. The highest BCUT2D eigenvalue weighted by atomic mass is 32.1. The highest BCUT2D eigenvalue weighted by Crippen LogP contribution is 2.27. The third-order valence-electron chi connectivity index (χ3n) is 3.08. The van der Waals surface area contributed by atoms with Gasteiger partial charge in [-0.15, -0.1) is 0 Å². The summed E-state index contributed by atoms with van der Waals surface area (Å²) in [7, 11) is 2.89. The second-order valence-corrected chi connectivity index (χ2v) is 5.62. The summed E-state index contributed by atoms with van der Waals surface area (Å²) in [5.74, 6) is 0.0173. The minimum Gasteiger partial charge on any atom is -0.495 e. The second-order valence-electron chi connectivity index (χ2n) is 4.61. The fourth-order valence-electron chi connectivity index (χ4n) is 2.06. The monoisotopic (exact) mass is 322 g/mol. The number of rotatable bonds is 5. The molecule has 1 aromatic heterocycles. The van der Waals surface area contributed by atoms with E-state index in [1.165, 1.54) is 18.4 Å². The molecule has 1 heterocycles. The van der Waals surface area contributed by atoms with E-state index in [0.29, 0.717) is 17.0 Å². The van der Waals surface area contributed by atoms with Crippen LogP contribution in [0.4, 0.5) is 0 Å². The zero-order valence-electron chi connectivity index (χ0n) is 12.8. The Hall–Kier alpha value is -2.15. The Balaban J connectivity index is 2.67. The first kappa shape index (κ1) is 16.2. The number of nitrogens with zero attached hydrogens (tertiary/aromatic N) is 2. The van der Waals surface area contributed by atoms with Crippen LogP contribution in [0.15, 0.2) is 23.2 Å². The molecule has 7 heteroatoms. The number of amides is 1. The third kappa shape index (κ3) is 3.36. The summed E-state index contributed by atoms with van der Waals surface area (Å²) < 4.78 is 12.6. The van der Waals surface area contributed by atoms with Crippen LogP contribution >= 0.6 is 11.3 Å². The fraction of sp³-hybridized carbons (Fsp3) is 0.400. The SMILES string of the molecule is CCCC(=O)N=c1sc2cccc(OC)c2n1CC(=O)OC. The number of methoxy groups -OCH3 is 2. The van der Waals surface area contributed by atoms with Gasteiger partial charge in [0.05, 0.1) is 18.9 Å². The van der Waals surface area contributed by atoms with E-state index in [1.54, 1.807) is 17.7 Å². The molecular formula is C15H18N2O4S. The number of hydrogen-bond donors (Lipinski definition) is 0. The van der Waals surface area contributed by atoms with Crippen molar-refractivity contribution in [2.75, 3.05) is 14.2 Å². The lowest BCUT2D eigenvalue weighted by Gasteiger charge is -2.07. The van der Waals surface area contributed by atoms with Gasteiger partial charge < -0.3 is 14.0 Å². The first-order chi connectivity index (χ1) is 10.6. The number of fused-ring (bicyclic) bond motifs is 1. The quantitative estimate of drug-likeness (QED) is 0.791. The number of carbonyl (C=O) groups is 2. The summed E-state index contributed by atoms with van der Waals surface area (Å²) in [4.78, 5) is 28.1. The standard InChI is InChI=1S/C15H18N2O4S/c1-4-6-12(18)16-15-17(9-13(19)21-3)14-10(20-2)7-5-8-11(14)22-15/h5,7-8H,4,6,9H2,1-3H3. The molecule has 6 nitrogen and oxygen atoms in total. The van der Waals surface area contributed by atoms with Crippen LogP contribution < -0.4 is 9.54 Å². The summed E-state index contributed by atoms with van der Waals surface area (Å²) in [6.07, 6.45) is 1.11. The third-order valence-corrected chi connectivity index (χ3v) is 4.13. The Kier molecular flexibility index (Phi) is 5.32. The molecule has 1 amide bonds. The van der Waals surface area contributed by atoms with E-state index in [4.69, 9.17) is 9.47 Å². The Labute approximate surface area is 132 Å². The molecule has 0 atom stereocenters. The molecule has 0 spiro atoms. The molecule has 0 aliphatic rings. The average molecular weight is 322 g/mol. The van der Waals surface area contributed by atoms with Crippen molar-refractivity contribution in [1.82, 2.24) is 4.57 Å². The first-order valence-electron chi connectivity index (χ1n) is 6.91. The molecule has 0 fully saturated rings. The molecule has 0 saturated heterocycles. The van der Waals surface area contributed by atoms with Crippen LogP contribution in [0.3, 0.4) is 0 Å². The summed E-state index contributed by atoms with van der Waals surface area (Å²) in [6, 6.07) is 5.57. The maximum atomic E-state index is 11.8. The van der Waals surface area contributed by atoms with Gasteiger partial charge in [0.15, 0.2) is 4.80 Å². The molecule has 1 aromatic carbocycles. The van der Waals surface area contributed by atoms with Crippen LogP contribution in [0.5, 0.6) is 5.75 Å². The van der Waals surface area contributed by atoms with E-state index in [9.17, 15) is 9.59 Å². The van der Waals surface area contributed by atoms with Gasteiger partial charge in [0, 0.05) is 6.42 Å². The molecule has 0 saturated carbocycles. The van der Waals surface area contributed by atoms with E-state index in [2.05, 4.69) is 4.99 Å². The smallest absolute Gasteiger partial charge is 0.325 e. The fourth-order valence-corrected chi connectivity index (χ4v) is 3.13. The number of ether oxygens (including phenoxy) is 2. The van der Waals surface area contributed by atoms with E-state index >= 15 is 0 Å². The summed E-state index contributed by atoms with van der Waals surface area (Å²) in [6.45, 7) is 1.90. The lowest BCUT2D eigenvalue weighted by molar-refractivity contribution is -0.141. The van der Waals surface area contributed by atoms with Crippen molar-refractivity contribution in [2.45, 2.75) is 26.3 Å². The van der Waals surface area contributed by atoms with Crippen molar-refractivity contribution in [1.29, 1.82) is 0 Å². The van der Waals surface area contributed by atoms with Gasteiger partial charge in [0.2, 0.25) is 5.91 Å². The van der Waals surface area contributed by atoms with Crippen molar-refractivity contribution >= 4 is 33.4 Å². The topological polar surface area (TPSA) is 69.9 Å². The molecule has 0 radical (unpaired) electrons. The van der Waals surface area contributed by atoms with Crippen molar-refractivity contribution < 1.29 is 19.1 Å². The van der Waals surface area contributed by atoms with Crippen LogP contribution in [0.1, 0.15) is 19.8 Å². The summed E-state index contributed by atoms with van der Waals surface area (Å²) >= 11 is 1.35. The minimum absolute atomic E-state index is 0.0187. The van der Waals surface area contributed by atoms with Crippen LogP contribution in [0.2, 0.25) is 0 Å². The molecular weight excluding hydrogens is 304 g/mol. The lowest BCUT2D eigenvalue weighted by Crippen LogP contribution is -2.22. The minimum atomic E-state index is -0.407. The molecule has 0 bridgehead atoms. The van der Waals surface area contributed by atoms with Crippen LogP contribution in [-0.2, 0) is 20.9 Å². The summed E-state index contributed by atoms with van der Waals surface area (Å²) in [5, 5.41) is 0. The second kappa shape index (κ2) is 7.22. The molecule has 2 rings (SSSR count). The van der Waals surface area contributed by atoms with E-state index < -0.39 is 5.97 Å². The van der Waals surface area contributed by atoms with Crippen molar-refractivity contribution in [2.24, 2.45) is 4.99 Å². The van der Waals surface area contributed by atoms with Gasteiger partial charge in [-0.3, -0.25) is 9.59 Å². The normalized spacial score (nSPS) is 11.7. The Morgan fingerprint density at radius 1 is 1.32 bits per heavy atom. The molecule has 0 unspecified atom stereocenters. The molecule has 0 aliphatic carbocycles. The number of para-hydroxylation sites is 1. The highest BCUT2D eigenvalue weighted by Gasteiger charge is 2.15. The van der Waals surface area contributed by atoms with Gasteiger partial charge in [-0.2, -0.15) is 4.99 Å². The Morgan fingerprint density at radius 2 is 2.09 bits per heavy atom. The zero-order chi connectivity index (χ0) is 16.1. The molecule has 0 N–H and O–H groups in total. The summed E-state index contributed by atoms with van der Waals surface area (Å²) in [5.41, 5.74) is 0.739. The number of esters is 1. The number of hydrogen-bond acceptors (Lipinski definition) is 5. The van der Waals surface area contributed by atoms with Crippen molar-refractivity contribution in [3.63, 3.8) is 0 Å². The van der Waals surface area contributed by atoms with Crippen molar-refractivity contribution in [3.8, 4) is 5.75 Å². The van der Waals surface area contributed by atoms with E-state index in [1.807, 2.05) is 19.1 Å². The Morgan fingerprint density at radius 3 is 2.73 bits per heavy atom. The predicted octanol–water partition coefficient (Wildman–Crippen LogP) is 2.11. The number of benzene rings is 1. The molecule has 22 heavy (non-hydrogen) atoms.